The minimum Gasteiger partial charge on any atom is -0.508 e. The molecule has 1 fully saturated rings. The molecule has 0 bridgehead atoms. The van der Waals surface area contributed by atoms with E-state index in [4.69, 9.17) is 4.74 Å². The van der Waals surface area contributed by atoms with E-state index in [1.165, 1.54) is 48.5 Å². The van der Waals surface area contributed by atoms with E-state index < -0.39 is 29.6 Å². The fourth-order valence-corrected chi connectivity index (χ4v) is 2.96. The number of phenols is 2. The number of carbonyl (C=O) groups is 2. The molecule has 0 aromatic heterocycles. The molecule has 2 aromatic rings. The van der Waals surface area contributed by atoms with Gasteiger partial charge < -0.3 is 35.8 Å². The number of nitrogens with one attached hydrogen (secondary N) is 2. The van der Waals surface area contributed by atoms with Crippen LogP contribution in [-0.2, 0) is 4.74 Å². The van der Waals surface area contributed by atoms with Crippen LogP contribution in [0.4, 0.5) is 0 Å². The molecule has 0 spiro atoms. The second kappa shape index (κ2) is 8.48. The zero-order chi connectivity index (χ0) is 21.0. The van der Waals surface area contributed by atoms with E-state index in [-0.39, 0.29) is 36.8 Å². The van der Waals surface area contributed by atoms with E-state index in [2.05, 4.69) is 10.6 Å². The third kappa shape index (κ3) is 4.83. The average molecular weight is 402 g/mol. The number of carbonyl (C=O) groups excluding carboxylic acids is 2. The molecule has 0 aliphatic carbocycles. The Balaban J connectivity index is 1.51. The highest BCUT2D eigenvalue weighted by Crippen LogP contribution is 2.24. The third-order valence-corrected chi connectivity index (χ3v) is 4.73. The number of ether oxygens (including phenoxy) is 1. The summed E-state index contributed by atoms with van der Waals surface area (Å²) in [6.45, 7) is -0.519. The van der Waals surface area contributed by atoms with Crippen molar-refractivity contribution in [3.8, 4) is 11.5 Å². The van der Waals surface area contributed by atoms with Crippen molar-refractivity contribution in [3.63, 3.8) is 0 Å². The number of amides is 2. The first-order valence-electron chi connectivity index (χ1n) is 8.95. The molecule has 6 N–H and O–H groups in total. The van der Waals surface area contributed by atoms with Gasteiger partial charge in [-0.05, 0) is 48.5 Å². The number of rotatable bonds is 6. The topological polar surface area (TPSA) is 148 Å². The summed E-state index contributed by atoms with van der Waals surface area (Å²) in [5, 5.41) is 44.7. The number of benzene rings is 2. The van der Waals surface area contributed by atoms with Crippen molar-refractivity contribution in [1.29, 1.82) is 0 Å². The van der Waals surface area contributed by atoms with E-state index in [1.807, 2.05) is 0 Å². The molecule has 9 heteroatoms. The van der Waals surface area contributed by atoms with Crippen molar-refractivity contribution in [2.24, 2.45) is 0 Å². The maximum atomic E-state index is 12.1. The highest BCUT2D eigenvalue weighted by molar-refractivity contribution is 5.94. The Hall–Kier alpha value is -3.14. The van der Waals surface area contributed by atoms with Gasteiger partial charge in [0.2, 0.25) is 0 Å². The average Bonchev–Trinajstić information content (AvgIpc) is 3.00. The first-order chi connectivity index (χ1) is 13.8. The second-order valence-electron chi connectivity index (χ2n) is 6.88. The van der Waals surface area contributed by atoms with Gasteiger partial charge in [-0.15, -0.1) is 0 Å². The van der Waals surface area contributed by atoms with Gasteiger partial charge in [0, 0.05) is 17.7 Å². The highest BCUT2D eigenvalue weighted by atomic mass is 16.5. The van der Waals surface area contributed by atoms with Crippen LogP contribution in [0.1, 0.15) is 20.7 Å². The van der Waals surface area contributed by atoms with Crippen LogP contribution in [0.2, 0.25) is 0 Å². The molecule has 1 aliphatic rings. The maximum absolute atomic E-state index is 12.1. The molecule has 3 atom stereocenters. The third-order valence-electron chi connectivity index (χ3n) is 4.73. The summed E-state index contributed by atoms with van der Waals surface area (Å²) < 4.78 is 5.40. The fourth-order valence-electron chi connectivity index (χ4n) is 2.96. The van der Waals surface area contributed by atoms with Crippen LogP contribution in [0.5, 0.6) is 11.5 Å². The minimum absolute atomic E-state index is 0.0250. The summed E-state index contributed by atoms with van der Waals surface area (Å²) in [7, 11) is 0. The van der Waals surface area contributed by atoms with Crippen LogP contribution in [-0.4, -0.2) is 69.7 Å². The molecule has 29 heavy (non-hydrogen) atoms. The van der Waals surface area contributed by atoms with Crippen molar-refractivity contribution in [1.82, 2.24) is 10.6 Å². The van der Waals surface area contributed by atoms with Gasteiger partial charge in [-0.3, -0.25) is 9.59 Å². The molecule has 3 rings (SSSR count). The molecule has 0 unspecified atom stereocenters. The van der Waals surface area contributed by atoms with Gasteiger partial charge in [0.15, 0.2) is 0 Å². The van der Waals surface area contributed by atoms with E-state index in [0.29, 0.717) is 5.56 Å². The van der Waals surface area contributed by atoms with E-state index in [1.54, 1.807) is 0 Å². The molecular formula is C20H22N2O7. The first-order valence-corrected chi connectivity index (χ1v) is 8.95. The lowest BCUT2D eigenvalue weighted by Crippen LogP contribution is -2.53. The van der Waals surface area contributed by atoms with Crippen LogP contribution in [0, 0.1) is 0 Å². The van der Waals surface area contributed by atoms with Crippen LogP contribution < -0.4 is 10.6 Å². The second-order valence-corrected chi connectivity index (χ2v) is 6.88. The van der Waals surface area contributed by atoms with Crippen molar-refractivity contribution in [2.75, 3.05) is 19.7 Å². The minimum atomic E-state index is -1.71. The molecule has 0 saturated carbocycles. The predicted molar refractivity (Wildman–Crippen MR) is 102 cm³/mol. The van der Waals surface area contributed by atoms with Gasteiger partial charge in [0.1, 0.15) is 29.3 Å². The Morgan fingerprint density at radius 2 is 1.41 bits per heavy atom. The first kappa shape index (κ1) is 20.6. The normalized spacial score (nSPS) is 23.5. The molecule has 154 valence electrons. The molecule has 2 aromatic carbocycles. The lowest BCUT2D eigenvalue weighted by atomic mass is 9.96. The van der Waals surface area contributed by atoms with Gasteiger partial charge in [0.25, 0.3) is 11.8 Å². The lowest BCUT2D eigenvalue weighted by molar-refractivity contribution is -0.0464. The summed E-state index contributed by atoms with van der Waals surface area (Å²) in [6, 6.07) is 11.2. The Morgan fingerprint density at radius 3 is 1.93 bits per heavy atom. The number of hydrogen-bond acceptors (Lipinski definition) is 7. The number of hydrogen-bond donors (Lipinski definition) is 6. The van der Waals surface area contributed by atoms with Crippen LogP contribution in [0.3, 0.4) is 0 Å². The summed E-state index contributed by atoms with van der Waals surface area (Å²) >= 11 is 0. The predicted octanol–water partition coefficient (Wildman–Crippen LogP) is -0.252. The summed E-state index contributed by atoms with van der Waals surface area (Å²) in [6.07, 6.45) is -2.19. The quantitative estimate of drug-likeness (QED) is 0.390. The number of aliphatic hydroxyl groups excluding tert-OH is 1. The standard InChI is InChI=1S/C20H22N2O7/c23-14-5-1-12(2-6-14)18(26)21-9-16-17(25)20(28,11-29-16)10-22-19(27)13-3-7-15(24)8-4-13/h1-8,16-17,23-25,28H,9-11H2,(H,21,26)(H,22,27)/t16-,17-,20+/m1/s1. The van der Waals surface area contributed by atoms with E-state index in [0.717, 1.165) is 0 Å². The van der Waals surface area contributed by atoms with E-state index >= 15 is 0 Å². The Labute approximate surface area is 166 Å². The zero-order valence-corrected chi connectivity index (χ0v) is 15.4. The Bertz CT molecular complexity index is 869. The van der Waals surface area contributed by atoms with Crippen LogP contribution in [0.25, 0.3) is 0 Å². The fraction of sp³-hybridized carbons (Fsp3) is 0.300. The summed E-state index contributed by atoms with van der Waals surface area (Å²) in [5.41, 5.74) is -1.09. The van der Waals surface area contributed by atoms with Gasteiger partial charge >= 0.3 is 0 Å². The van der Waals surface area contributed by atoms with Gasteiger partial charge in [-0.1, -0.05) is 0 Å². The van der Waals surface area contributed by atoms with Crippen LogP contribution in [0.15, 0.2) is 48.5 Å². The van der Waals surface area contributed by atoms with Gasteiger partial charge in [-0.25, -0.2) is 0 Å². The summed E-state index contributed by atoms with van der Waals surface area (Å²) in [5.74, 6) is -0.834. The van der Waals surface area contributed by atoms with E-state index in [9.17, 15) is 30.0 Å². The highest BCUT2D eigenvalue weighted by Gasteiger charge is 2.48. The lowest BCUT2D eigenvalue weighted by Gasteiger charge is -2.26. The Kier molecular flexibility index (Phi) is 6.02. The molecule has 1 heterocycles. The molecule has 1 saturated heterocycles. The number of phenolic OH excluding ortho intramolecular Hbond substituents is 2. The van der Waals surface area contributed by atoms with Crippen molar-refractivity contribution in [2.45, 2.75) is 17.8 Å². The number of aliphatic hydroxyl groups is 2. The molecule has 0 radical (unpaired) electrons. The van der Waals surface area contributed by atoms with Gasteiger partial charge in [-0.2, -0.15) is 0 Å². The molecule has 9 nitrogen and oxygen atoms in total. The summed E-state index contributed by atoms with van der Waals surface area (Å²) in [4.78, 5) is 24.2. The van der Waals surface area contributed by atoms with Crippen molar-refractivity contribution < 1.29 is 34.8 Å². The molecule has 1 aliphatic heterocycles. The largest absolute Gasteiger partial charge is 0.508 e. The zero-order valence-electron chi connectivity index (χ0n) is 15.4. The van der Waals surface area contributed by atoms with Crippen molar-refractivity contribution in [3.05, 3.63) is 59.7 Å². The molecular weight excluding hydrogens is 380 g/mol. The number of aromatic hydroxyl groups is 2. The monoisotopic (exact) mass is 402 g/mol. The van der Waals surface area contributed by atoms with Crippen LogP contribution >= 0.6 is 0 Å². The van der Waals surface area contributed by atoms with Gasteiger partial charge in [0.05, 0.1) is 13.2 Å². The van der Waals surface area contributed by atoms with Crippen molar-refractivity contribution >= 4 is 11.8 Å². The maximum Gasteiger partial charge on any atom is 0.251 e. The smallest absolute Gasteiger partial charge is 0.251 e. The SMILES string of the molecule is O=C(NC[C@H]1OC[C@@](O)(CNC(=O)c2ccc(O)cc2)[C@@H]1O)c1ccc(O)cc1. The molecule has 2 amide bonds. The Morgan fingerprint density at radius 1 is 0.931 bits per heavy atom.